The lowest BCUT2D eigenvalue weighted by Gasteiger charge is -2.17. The van der Waals surface area contributed by atoms with Gasteiger partial charge in [-0.15, -0.1) is 0 Å². The Bertz CT molecular complexity index is 517. The second-order valence-corrected chi connectivity index (χ2v) is 5.34. The highest BCUT2D eigenvalue weighted by Crippen LogP contribution is 2.27. The van der Waals surface area contributed by atoms with Gasteiger partial charge in [-0.25, -0.2) is 0 Å². The summed E-state index contributed by atoms with van der Waals surface area (Å²) in [6.45, 7) is 0.725. The summed E-state index contributed by atoms with van der Waals surface area (Å²) in [6.07, 6.45) is 0.500. The Hall–Kier alpha value is -1.56. The highest BCUT2D eigenvalue weighted by atomic mass is 79.9. The molecule has 1 amide bonds. The van der Waals surface area contributed by atoms with Crippen LogP contribution < -0.4 is 4.74 Å². The molecule has 1 N–H and O–H groups in total. The van der Waals surface area contributed by atoms with Crippen LogP contribution in [0.2, 0.25) is 0 Å². The van der Waals surface area contributed by atoms with Gasteiger partial charge in [0.15, 0.2) is 0 Å². The van der Waals surface area contributed by atoms with E-state index in [4.69, 9.17) is 9.84 Å². The molecule has 1 unspecified atom stereocenters. The largest absolute Gasteiger partial charge is 0.496 e. The molecule has 1 aromatic carbocycles. The quantitative estimate of drug-likeness (QED) is 0.922. The first-order valence-electron chi connectivity index (χ1n) is 5.88. The fourth-order valence-corrected chi connectivity index (χ4v) is 2.50. The number of carboxylic acids is 1. The summed E-state index contributed by atoms with van der Waals surface area (Å²) in [7, 11) is 1.50. The fourth-order valence-electron chi connectivity index (χ4n) is 2.16. The summed E-state index contributed by atoms with van der Waals surface area (Å²) in [5.74, 6) is -1.02. The van der Waals surface area contributed by atoms with Gasteiger partial charge in [0.05, 0.1) is 18.6 Å². The fraction of sp³-hybridized carbons (Fsp3) is 0.385. The van der Waals surface area contributed by atoms with Crippen molar-refractivity contribution in [3.05, 3.63) is 28.2 Å². The number of carboxylic acid groups (broad SMARTS) is 1. The second-order valence-electron chi connectivity index (χ2n) is 4.42. The summed E-state index contributed by atoms with van der Waals surface area (Å²) in [6, 6.07) is 5.16. The molecule has 0 aliphatic carbocycles. The topological polar surface area (TPSA) is 66.8 Å². The van der Waals surface area contributed by atoms with Crippen molar-refractivity contribution in [2.75, 3.05) is 20.2 Å². The van der Waals surface area contributed by atoms with E-state index in [-0.39, 0.29) is 12.5 Å². The van der Waals surface area contributed by atoms with E-state index in [9.17, 15) is 9.59 Å². The van der Waals surface area contributed by atoms with Gasteiger partial charge >= 0.3 is 5.97 Å². The number of rotatable bonds is 3. The van der Waals surface area contributed by atoms with Crippen molar-refractivity contribution < 1.29 is 19.4 Å². The number of nitrogens with zero attached hydrogens (tertiary/aromatic N) is 1. The van der Waals surface area contributed by atoms with Crippen LogP contribution in [-0.4, -0.2) is 42.1 Å². The maximum Gasteiger partial charge on any atom is 0.308 e. The van der Waals surface area contributed by atoms with Gasteiger partial charge in [0.1, 0.15) is 5.75 Å². The van der Waals surface area contributed by atoms with E-state index in [2.05, 4.69) is 15.9 Å². The zero-order valence-corrected chi connectivity index (χ0v) is 12.0. The minimum absolute atomic E-state index is 0.187. The molecule has 0 saturated carbocycles. The molecule has 5 nitrogen and oxygen atoms in total. The van der Waals surface area contributed by atoms with E-state index in [1.807, 2.05) is 0 Å². The number of hydrogen-bond acceptors (Lipinski definition) is 3. The van der Waals surface area contributed by atoms with Crippen LogP contribution in [0.15, 0.2) is 22.7 Å². The Labute approximate surface area is 119 Å². The van der Waals surface area contributed by atoms with Crippen LogP contribution in [0.4, 0.5) is 0 Å². The summed E-state index contributed by atoms with van der Waals surface area (Å²) in [5.41, 5.74) is 0.455. The molecule has 0 spiro atoms. The predicted octanol–water partition coefficient (Wildman–Crippen LogP) is 2.00. The van der Waals surface area contributed by atoms with E-state index in [1.165, 1.54) is 7.11 Å². The van der Waals surface area contributed by atoms with Gasteiger partial charge in [-0.2, -0.15) is 0 Å². The summed E-state index contributed by atoms with van der Waals surface area (Å²) in [5, 5.41) is 8.95. The third-order valence-corrected chi connectivity index (χ3v) is 3.71. The lowest BCUT2D eigenvalue weighted by molar-refractivity contribution is -0.141. The molecule has 102 valence electrons. The molecule has 1 saturated heterocycles. The van der Waals surface area contributed by atoms with Crippen molar-refractivity contribution in [2.24, 2.45) is 5.92 Å². The Morgan fingerprint density at radius 2 is 2.21 bits per heavy atom. The maximum atomic E-state index is 12.3. The van der Waals surface area contributed by atoms with Crippen LogP contribution >= 0.6 is 15.9 Å². The van der Waals surface area contributed by atoms with Gasteiger partial charge in [0.2, 0.25) is 0 Å². The Morgan fingerprint density at radius 3 is 2.79 bits per heavy atom. The zero-order valence-electron chi connectivity index (χ0n) is 10.4. The van der Waals surface area contributed by atoms with Crippen LogP contribution in [0.25, 0.3) is 0 Å². The van der Waals surface area contributed by atoms with E-state index < -0.39 is 11.9 Å². The van der Waals surface area contributed by atoms with Crippen LogP contribution in [-0.2, 0) is 4.79 Å². The molecule has 1 heterocycles. The van der Waals surface area contributed by atoms with Gasteiger partial charge in [0.25, 0.3) is 5.91 Å². The van der Waals surface area contributed by atoms with Gasteiger partial charge < -0.3 is 14.7 Å². The first-order chi connectivity index (χ1) is 9.02. The lowest BCUT2D eigenvalue weighted by Crippen LogP contribution is -2.30. The van der Waals surface area contributed by atoms with Crippen LogP contribution in [0.3, 0.4) is 0 Å². The highest BCUT2D eigenvalue weighted by Gasteiger charge is 2.32. The standard InChI is InChI=1S/C13H14BrNO4/c1-19-11-6-9(14)2-3-10(11)12(16)15-5-4-8(7-15)13(17)18/h2-3,6,8H,4-5,7H2,1H3,(H,17,18). The van der Waals surface area contributed by atoms with Crippen molar-refractivity contribution in [2.45, 2.75) is 6.42 Å². The molecule has 6 heteroatoms. The molecular weight excluding hydrogens is 314 g/mol. The number of halogens is 1. The predicted molar refractivity (Wildman–Crippen MR) is 72.3 cm³/mol. The third kappa shape index (κ3) is 2.89. The first-order valence-corrected chi connectivity index (χ1v) is 6.68. The van der Waals surface area contributed by atoms with Gasteiger partial charge in [-0.05, 0) is 24.6 Å². The SMILES string of the molecule is COc1cc(Br)ccc1C(=O)N1CCC(C(=O)O)C1. The Kier molecular flexibility index (Phi) is 4.09. The number of benzene rings is 1. The Morgan fingerprint density at radius 1 is 1.47 bits per heavy atom. The van der Waals surface area contributed by atoms with E-state index in [1.54, 1.807) is 23.1 Å². The molecule has 1 atom stereocenters. The first kappa shape index (κ1) is 13.9. The number of amides is 1. The summed E-state index contributed by atoms with van der Waals surface area (Å²) in [4.78, 5) is 24.8. The molecule has 19 heavy (non-hydrogen) atoms. The minimum Gasteiger partial charge on any atom is -0.496 e. The summed E-state index contributed by atoms with van der Waals surface area (Å²) >= 11 is 3.32. The molecule has 1 aliphatic rings. The van der Waals surface area contributed by atoms with Gasteiger partial charge in [0, 0.05) is 17.6 Å². The number of carbonyl (C=O) groups excluding carboxylic acids is 1. The minimum atomic E-state index is -0.849. The molecule has 2 rings (SSSR count). The smallest absolute Gasteiger partial charge is 0.308 e. The molecule has 1 fully saturated rings. The normalized spacial score (nSPS) is 18.4. The maximum absolute atomic E-state index is 12.3. The average Bonchev–Trinajstić information content (AvgIpc) is 2.87. The summed E-state index contributed by atoms with van der Waals surface area (Å²) < 4.78 is 6.01. The van der Waals surface area contributed by atoms with Crippen molar-refractivity contribution in [1.29, 1.82) is 0 Å². The number of carbonyl (C=O) groups is 2. The number of hydrogen-bond donors (Lipinski definition) is 1. The number of likely N-dealkylation sites (tertiary alicyclic amines) is 1. The average molecular weight is 328 g/mol. The molecule has 0 bridgehead atoms. The third-order valence-electron chi connectivity index (χ3n) is 3.22. The molecule has 0 aromatic heterocycles. The van der Waals surface area contributed by atoms with Crippen LogP contribution in [0.1, 0.15) is 16.8 Å². The van der Waals surface area contributed by atoms with Crippen LogP contribution in [0.5, 0.6) is 5.75 Å². The molecular formula is C13H14BrNO4. The van der Waals surface area contributed by atoms with Crippen molar-refractivity contribution in [1.82, 2.24) is 4.90 Å². The highest BCUT2D eigenvalue weighted by molar-refractivity contribution is 9.10. The van der Waals surface area contributed by atoms with Gasteiger partial charge in [-0.1, -0.05) is 15.9 Å². The number of ether oxygens (including phenoxy) is 1. The van der Waals surface area contributed by atoms with Crippen LogP contribution in [0, 0.1) is 5.92 Å². The van der Waals surface area contributed by atoms with Crippen molar-refractivity contribution in [3.63, 3.8) is 0 Å². The lowest BCUT2D eigenvalue weighted by atomic mass is 10.1. The molecule has 1 aromatic rings. The van der Waals surface area contributed by atoms with Gasteiger partial charge in [-0.3, -0.25) is 9.59 Å². The number of aliphatic carboxylic acids is 1. The Balaban J connectivity index is 2.19. The number of methoxy groups -OCH3 is 1. The second kappa shape index (κ2) is 5.61. The monoisotopic (exact) mass is 327 g/mol. The molecule has 1 aliphatic heterocycles. The van der Waals surface area contributed by atoms with Crippen molar-refractivity contribution >= 4 is 27.8 Å². The van der Waals surface area contributed by atoms with E-state index in [0.29, 0.717) is 24.3 Å². The van der Waals surface area contributed by atoms with Crippen molar-refractivity contribution in [3.8, 4) is 5.75 Å². The zero-order chi connectivity index (χ0) is 14.0. The van der Waals surface area contributed by atoms with E-state index >= 15 is 0 Å². The van der Waals surface area contributed by atoms with E-state index in [0.717, 1.165) is 4.47 Å². The molecule has 0 radical (unpaired) electrons.